The summed E-state index contributed by atoms with van der Waals surface area (Å²) in [6.45, 7) is 10.5. The lowest BCUT2D eigenvalue weighted by atomic mass is 9.60. The molecular weight excluding hydrogens is 811 g/mol. The van der Waals surface area contributed by atoms with Crippen LogP contribution < -0.4 is 24.4 Å². The molecule has 4 fully saturated rings. The van der Waals surface area contributed by atoms with E-state index in [0.29, 0.717) is 36.7 Å². The molecule has 5 aromatic rings. The van der Waals surface area contributed by atoms with Gasteiger partial charge in [0.05, 0.1) is 27.6 Å². The standard InChI is InChI=1S/C46H49N7O8S/c1-28(2)35-6-3-4-7-36(35)39-8-5-15-52(39)32-22-46(23-32)26-51(27-46)31-9-10-37(41(19-31)61-33-18-30-11-14-47-44(30)48-24-33)45(54)50-62(57,58)34-20-40(53(55)56)43-42(21-34)60-25-38(49-43)29-12-16-59-17-13-29/h3-4,6-7,9-11,14,18-21,24,29,32,38-39,49H,1,5,8,12-13,15-17,22-23,25-27H2,2H3,(H,47,48)(H,50,54)/t38-,39-/m0/s1. The van der Waals surface area contributed by atoms with Gasteiger partial charge in [-0.1, -0.05) is 36.4 Å². The number of rotatable bonds is 11. The van der Waals surface area contributed by atoms with Crippen LogP contribution in [0.25, 0.3) is 16.6 Å². The van der Waals surface area contributed by atoms with Gasteiger partial charge in [-0.2, -0.15) is 0 Å². The number of hydrogen-bond acceptors (Lipinski definition) is 12. The van der Waals surface area contributed by atoms with E-state index in [1.165, 1.54) is 29.8 Å². The lowest BCUT2D eigenvalue weighted by Crippen LogP contribution is -2.66. The van der Waals surface area contributed by atoms with Gasteiger partial charge in [-0.25, -0.2) is 18.1 Å². The average Bonchev–Trinajstić information content (AvgIpc) is 3.92. The molecular formula is C46H49N7O8S. The first kappa shape index (κ1) is 40.1. The average molecular weight is 860 g/mol. The van der Waals surface area contributed by atoms with E-state index in [1.807, 2.05) is 6.07 Å². The van der Waals surface area contributed by atoms with Gasteiger partial charge in [0.15, 0.2) is 11.4 Å². The van der Waals surface area contributed by atoms with Crippen molar-refractivity contribution in [1.29, 1.82) is 0 Å². The highest BCUT2D eigenvalue weighted by Crippen LogP contribution is 2.54. The van der Waals surface area contributed by atoms with Crippen LogP contribution in [0.2, 0.25) is 0 Å². The van der Waals surface area contributed by atoms with Gasteiger partial charge >= 0.3 is 0 Å². The van der Waals surface area contributed by atoms with E-state index in [4.69, 9.17) is 14.2 Å². The topological polar surface area (TPSA) is 181 Å². The van der Waals surface area contributed by atoms with Crippen LogP contribution in [0.4, 0.5) is 17.1 Å². The summed E-state index contributed by atoms with van der Waals surface area (Å²) in [6.07, 6.45) is 9.39. The molecule has 6 heterocycles. The number of carbonyl (C=O) groups is 1. The zero-order valence-electron chi connectivity index (χ0n) is 34.5. The number of nitrogens with zero attached hydrogens (tertiary/aromatic N) is 4. The van der Waals surface area contributed by atoms with Gasteiger partial charge in [0, 0.05) is 79.3 Å². The molecule has 1 spiro atoms. The summed E-state index contributed by atoms with van der Waals surface area (Å²) < 4.78 is 47.6. The van der Waals surface area contributed by atoms with E-state index in [1.54, 1.807) is 30.5 Å². The van der Waals surface area contributed by atoms with E-state index in [-0.39, 0.29) is 46.7 Å². The first-order valence-corrected chi connectivity index (χ1v) is 22.8. The van der Waals surface area contributed by atoms with Gasteiger partial charge in [-0.05, 0) is 93.3 Å². The quantitative estimate of drug-likeness (QED) is 0.0867. The molecule has 1 amide bonds. The van der Waals surface area contributed by atoms with E-state index in [9.17, 15) is 23.3 Å². The summed E-state index contributed by atoms with van der Waals surface area (Å²) >= 11 is 0. The molecule has 322 valence electrons. The second-order valence-corrected chi connectivity index (χ2v) is 19.3. The molecule has 0 radical (unpaired) electrons. The number of aromatic nitrogens is 2. The summed E-state index contributed by atoms with van der Waals surface area (Å²) in [4.78, 5) is 37.6. The van der Waals surface area contributed by atoms with Gasteiger partial charge in [-0.3, -0.25) is 19.8 Å². The molecule has 10 rings (SSSR count). The van der Waals surface area contributed by atoms with Crippen LogP contribution in [0.3, 0.4) is 0 Å². The van der Waals surface area contributed by atoms with E-state index < -0.39 is 31.4 Å². The van der Waals surface area contributed by atoms with E-state index in [2.05, 4.69) is 67.6 Å². The van der Waals surface area contributed by atoms with Crippen molar-refractivity contribution in [3.05, 3.63) is 113 Å². The monoisotopic (exact) mass is 859 g/mol. The van der Waals surface area contributed by atoms with Crippen molar-refractivity contribution in [3.8, 4) is 17.2 Å². The van der Waals surface area contributed by atoms with Gasteiger partial charge in [0.25, 0.3) is 21.6 Å². The Bertz CT molecular complexity index is 2700. The number of fused-ring (bicyclic) bond motifs is 2. The van der Waals surface area contributed by atoms with Crippen LogP contribution in [-0.4, -0.2) is 85.7 Å². The summed E-state index contributed by atoms with van der Waals surface area (Å²) in [5.74, 6) is -0.264. The first-order valence-electron chi connectivity index (χ1n) is 21.3. The largest absolute Gasteiger partial charge is 0.489 e. The van der Waals surface area contributed by atoms with Crippen molar-refractivity contribution in [1.82, 2.24) is 19.6 Å². The van der Waals surface area contributed by atoms with Crippen LogP contribution in [0.15, 0.2) is 90.6 Å². The number of pyridine rings is 1. The number of carbonyl (C=O) groups excluding carboxylic acids is 1. The molecule has 3 aromatic carbocycles. The highest BCUT2D eigenvalue weighted by Gasteiger charge is 2.55. The van der Waals surface area contributed by atoms with Crippen molar-refractivity contribution in [2.45, 2.75) is 68.5 Å². The number of amides is 1. The molecule has 1 saturated carbocycles. The van der Waals surface area contributed by atoms with Crippen molar-refractivity contribution >= 4 is 49.6 Å². The maximum absolute atomic E-state index is 14.0. The number of anilines is 2. The number of sulfonamides is 1. The molecule has 0 bridgehead atoms. The molecule has 5 aliphatic rings. The number of H-pyrrole nitrogens is 1. The van der Waals surface area contributed by atoms with Gasteiger partial charge in [0.1, 0.15) is 23.8 Å². The molecule has 0 unspecified atom stereocenters. The number of hydrogen-bond donors (Lipinski definition) is 3. The van der Waals surface area contributed by atoms with Crippen LogP contribution in [-0.2, 0) is 14.8 Å². The van der Waals surface area contributed by atoms with E-state index in [0.717, 1.165) is 74.5 Å². The minimum absolute atomic E-state index is 0.0230. The Morgan fingerprint density at radius 3 is 2.65 bits per heavy atom. The maximum atomic E-state index is 14.0. The molecule has 4 aliphatic heterocycles. The van der Waals surface area contributed by atoms with Crippen LogP contribution in [0.1, 0.15) is 73.0 Å². The van der Waals surface area contributed by atoms with E-state index >= 15 is 0 Å². The molecule has 3 N–H and O–H groups in total. The molecule has 2 atom stereocenters. The van der Waals surface area contributed by atoms with Gasteiger partial charge in [0.2, 0.25) is 0 Å². The Labute approximate surface area is 359 Å². The zero-order valence-corrected chi connectivity index (χ0v) is 35.3. The number of aromatic amines is 1. The third-order valence-electron chi connectivity index (χ3n) is 13.5. The Morgan fingerprint density at radius 1 is 1.05 bits per heavy atom. The second-order valence-electron chi connectivity index (χ2n) is 17.6. The van der Waals surface area contributed by atoms with Crippen LogP contribution in [0, 0.1) is 21.4 Å². The third kappa shape index (κ3) is 7.43. The lowest BCUT2D eigenvalue weighted by molar-refractivity contribution is -0.384. The Hall–Kier alpha value is -5.97. The predicted molar refractivity (Wildman–Crippen MR) is 234 cm³/mol. The van der Waals surface area contributed by atoms with Gasteiger partial charge in [-0.15, -0.1) is 0 Å². The summed E-state index contributed by atoms with van der Waals surface area (Å²) in [6, 6.07) is 20.3. The van der Waals surface area contributed by atoms with Crippen LogP contribution >= 0.6 is 0 Å². The SMILES string of the molecule is C=C(C)c1ccccc1[C@@H]1CCCN1C1CC2(C1)CN(c1ccc(C(=O)NS(=O)(=O)c3cc4c(c([N+](=O)[O-])c3)N[C@H](C3CCOCC3)CO4)c(Oc3cnc4[nH]ccc4c3)c1)C2. The fraction of sp³-hybridized carbons (Fsp3) is 0.391. The lowest BCUT2D eigenvalue weighted by Gasteiger charge is -2.62. The number of ether oxygens (including phenoxy) is 3. The molecule has 62 heavy (non-hydrogen) atoms. The minimum Gasteiger partial charge on any atom is -0.489 e. The fourth-order valence-electron chi connectivity index (χ4n) is 10.3. The highest BCUT2D eigenvalue weighted by atomic mass is 32.2. The highest BCUT2D eigenvalue weighted by molar-refractivity contribution is 7.90. The number of likely N-dealkylation sites (tertiary alicyclic amines) is 1. The molecule has 2 aromatic heterocycles. The smallest absolute Gasteiger partial charge is 0.297 e. The van der Waals surface area contributed by atoms with Crippen LogP contribution in [0.5, 0.6) is 17.2 Å². The number of nitro groups is 1. The van der Waals surface area contributed by atoms with Crippen molar-refractivity contribution in [3.63, 3.8) is 0 Å². The van der Waals surface area contributed by atoms with Gasteiger partial charge < -0.3 is 29.4 Å². The Kier molecular flexibility index (Phi) is 10.2. The number of nitrogens with one attached hydrogen (secondary N) is 3. The molecule has 15 nitrogen and oxygen atoms in total. The summed E-state index contributed by atoms with van der Waals surface area (Å²) in [5, 5.41) is 16.3. The zero-order chi connectivity index (χ0) is 42.8. The second kappa shape index (κ2) is 15.7. The number of nitro benzene ring substituents is 1. The Morgan fingerprint density at radius 2 is 1.85 bits per heavy atom. The molecule has 1 aliphatic carbocycles. The fourth-order valence-corrected chi connectivity index (χ4v) is 11.3. The van der Waals surface area contributed by atoms with Crippen molar-refractivity contribution in [2.75, 3.05) is 49.7 Å². The maximum Gasteiger partial charge on any atom is 0.297 e. The van der Waals surface area contributed by atoms with Crippen molar-refractivity contribution in [2.24, 2.45) is 11.3 Å². The molecule has 16 heteroatoms. The Balaban J connectivity index is 0.871. The predicted octanol–water partition coefficient (Wildman–Crippen LogP) is 7.82. The number of benzene rings is 3. The minimum atomic E-state index is -4.63. The van der Waals surface area contributed by atoms with Crippen molar-refractivity contribution < 1.29 is 32.3 Å². The summed E-state index contributed by atoms with van der Waals surface area (Å²) in [7, 11) is -4.63. The first-order chi connectivity index (χ1) is 29.9. The number of allylic oxidation sites excluding steroid dienone is 1. The normalized spacial score (nSPS) is 21.3. The third-order valence-corrected chi connectivity index (χ3v) is 14.8. The molecule has 3 saturated heterocycles. The summed E-state index contributed by atoms with van der Waals surface area (Å²) in [5.41, 5.74) is 5.02.